The first-order valence-corrected chi connectivity index (χ1v) is 11.7. The van der Waals surface area contributed by atoms with Crippen molar-refractivity contribution in [3.8, 4) is 0 Å². The fraction of sp³-hybridized carbons (Fsp3) is 0.720. The standard InChI is InChI=1S/C25H38N2O7/c1-15-17-16(18(29)24(6,32)25(15)9-10-25)13-23(5,14-28)19(17)33-20(30)26(7)11-12-27(8)21(31)34-22(2,3)4/h13,19,28,32H,9-12,14H2,1-8H3/t19-,23+,24+/m1/s1. The van der Waals surface area contributed by atoms with Gasteiger partial charge < -0.3 is 29.5 Å². The Morgan fingerprint density at radius 3 is 2.12 bits per heavy atom. The second-order valence-electron chi connectivity index (χ2n) is 11.3. The molecule has 34 heavy (non-hydrogen) atoms. The molecule has 0 aromatic heterocycles. The second kappa shape index (κ2) is 8.37. The van der Waals surface area contributed by atoms with Crippen LogP contribution in [0.4, 0.5) is 9.59 Å². The molecule has 0 radical (unpaired) electrons. The number of ketones is 1. The molecule has 1 saturated carbocycles. The number of fused-ring (bicyclic) bond motifs is 1. The van der Waals surface area contributed by atoms with Crippen LogP contribution in [0.2, 0.25) is 0 Å². The smallest absolute Gasteiger partial charge is 0.410 e. The molecule has 1 fully saturated rings. The van der Waals surface area contributed by atoms with Crippen LogP contribution >= 0.6 is 0 Å². The van der Waals surface area contributed by atoms with E-state index in [0.29, 0.717) is 24.0 Å². The molecule has 3 aliphatic carbocycles. The number of likely N-dealkylation sites (N-methyl/N-ethyl adjacent to an activating group) is 2. The van der Waals surface area contributed by atoms with Crippen LogP contribution < -0.4 is 0 Å². The maximum atomic E-state index is 13.2. The van der Waals surface area contributed by atoms with E-state index in [1.165, 1.54) is 9.80 Å². The SMILES string of the molecule is CC1=C2C(=C[C@@](C)(CO)[C@@H]2OC(=O)N(C)CCN(C)C(=O)OC(C)(C)C)C(=O)[C@](C)(O)C12CC2. The van der Waals surface area contributed by atoms with Gasteiger partial charge in [-0.3, -0.25) is 4.79 Å². The van der Waals surface area contributed by atoms with Gasteiger partial charge in [0.1, 0.15) is 17.3 Å². The number of carbonyl (C=O) groups excluding carboxylic acids is 3. The van der Waals surface area contributed by atoms with Crippen LogP contribution in [0.15, 0.2) is 22.8 Å². The Kier molecular flexibility index (Phi) is 6.46. The molecule has 0 aliphatic heterocycles. The summed E-state index contributed by atoms with van der Waals surface area (Å²) in [7, 11) is 3.15. The van der Waals surface area contributed by atoms with E-state index in [0.717, 1.165) is 5.57 Å². The number of hydrogen-bond acceptors (Lipinski definition) is 7. The van der Waals surface area contributed by atoms with Crippen molar-refractivity contribution in [1.82, 2.24) is 9.80 Å². The number of aliphatic hydroxyl groups excluding tert-OH is 1. The summed E-state index contributed by atoms with van der Waals surface area (Å²) in [5.74, 6) is -0.392. The summed E-state index contributed by atoms with van der Waals surface area (Å²) in [6, 6.07) is 0. The Morgan fingerprint density at radius 1 is 1.12 bits per heavy atom. The van der Waals surface area contributed by atoms with E-state index in [-0.39, 0.29) is 19.7 Å². The molecule has 9 heteroatoms. The van der Waals surface area contributed by atoms with Crippen LogP contribution in [0.3, 0.4) is 0 Å². The van der Waals surface area contributed by atoms with Crippen molar-refractivity contribution < 1.29 is 34.1 Å². The average molecular weight is 479 g/mol. The molecule has 3 rings (SSSR count). The lowest BCUT2D eigenvalue weighted by atomic mass is 9.67. The number of amides is 2. The zero-order valence-corrected chi connectivity index (χ0v) is 21.5. The summed E-state index contributed by atoms with van der Waals surface area (Å²) < 4.78 is 11.2. The topological polar surface area (TPSA) is 117 Å². The molecule has 2 amide bonds. The monoisotopic (exact) mass is 478 g/mol. The molecule has 0 aromatic carbocycles. The molecule has 0 bridgehead atoms. The Labute approximate surface area is 201 Å². The van der Waals surface area contributed by atoms with Gasteiger partial charge in [0.2, 0.25) is 0 Å². The molecular formula is C25H38N2O7. The van der Waals surface area contributed by atoms with Gasteiger partial charge in [-0.05, 0) is 54.4 Å². The number of nitrogens with zero attached hydrogens (tertiary/aromatic N) is 2. The number of rotatable bonds is 5. The van der Waals surface area contributed by atoms with Crippen molar-refractivity contribution in [2.45, 2.75) is 71.7 Å². The van der Waals surface area contributed by atoms with E-state index in [1.807, 2.05) is 6.92 Å². The third-order valence-electron chi connectivity index (χ3n) is 7.46. The largest absolute Gasteiger partial charge is 0.444 e. The summed E-state index contributed by atoms with van der Waals surface area (Å²) >= 11 is 0. The van der Waals surface area contributed by atoms with Gasteiger partial charge in [0.25, 0.3) is 0 Å². The van der Waals surface area contributed by atoms with Gasteiger partial charge in [0.05, 0.1) is 12.0 Å². The maximum absolute atomic E-state index is 13.2. The van der Waals surface area contributed by atoms with Gasteiger partial charge in [-0.2, -0.15) is 0 Å². The third kappa shape index (κ3) is 4.24. The number of Topliss-reactive ketones (excluding diaryl/α,β-unsaturated/α-hetero) is 1. The fourth-order valence-electron chi connectivity index (χ4n) is 4.97. The van der Waals surface area contributed by atoms with E-state index in [2.05, 4.69) is 0 Å². The lowest BCUT2D eigenvalue weighted by Gasteiger charge is -2.40. The van der Waals surface area contributed by atoms with Crippen LogP contribution in [0.1, 0.15) is 54.4 Å². The lowest BCUT2D eigenvalue weighted by Crippen LogP contribution is -2.50. The number of ether oxygens (including phenoxy) is 2. The van der Waals surface area contributed by atoms with Gasteiger partial charge in [0.15, 0.2) is 5.78 Å². The van der Waals surface area contributed by atoms with Crippen LogP contribution in [0, 0.1) is 10.8 Å². The Hall–Kier alpha value is -2.39. The predicted octanol–water partition coefficient (Wildman–Crippen LogP) is 2.66. The van der Waals surface area contributed by atoms with Crippen LogP contribution in [-0.2, 0) is 14.3 Å². The summed E-state index contributed by atoms with van der Waals surface area (Å²) in [4.78, 5) is 41.1. The molecule has 2 N–H and O–H groups in total. The van der Waals surface area contributed by atoms with E-state index in [9.17, 15) is 24.6 Å². The summed E-state index contributed by atoms with van der Waals surface area (Å²) in [5, 5.41) is 21.2. The van der Waals surface area contributed by atoms with Gasteiger partial charge in [-0.15, -0.1) is 0 Å². The van der Waals surface area contributed by atoms with E-state index >= 15 is 0 Å². The Bertz CT molecular complexity index is 955. The van der Waals surface area contributed by atoms with Crippen molar-refractivity contribution in [3.05, 3.63) is 22.8 Å². The second-order valence-corrected chi connectivity index (χ2v) is 11.3. The highest BCUT2D eigenvalue weighted by atomic mass is 16.6. The molecule has 0 unspecified atom stereocenters. The molecule has 1 spiro atoms. The van der Waals surface area contributed by atoms with Gasteiger partial charge in [-0.25, -0.2) is 9.59 Å². The highest BCUT2D eigenvalue weighted by Crippen LogP contribution is 2.65. The van der Waals surface area contributed by atoms with Crippen LogP contribution in [0.5, 0.6) is 0 Å². The van der Waals surface area contributed by atoms with Gasteiger partial charge in [0, 0.05) is 43.7 Å². The van der Waals surface area contributed by atoms with Crippen molar-refractivity contribution in [2.24, 2.45) is 10.8 Å². The maximum Gasteiger partial charge on any atom is 0.410 e. The van der Waals surface area contributed by atoms with Gasteiger partial charge >= 0.3 is 12.2 Å². The zero-order chi connectivity index (χ0) is 25.9. The molecule has 9 nitrogen and oxygen atoms in total. The average Bonchev–Trinajstić information content (AvgIpc) is 3.50. The number of carbonyl (C=O) groups is 3. The minimum Gasteiger partial charge on any atom is -0.444 e. The van der Waals surface area contributed by atoms with Crippen molar-refractivity contribution in [3.63, 3.8) is 0 Å². The third-order valence-corrected chi connectivity index (χ3v) is 7.46. The zero-order valence-electron chi connectivity index (χ0n) is 21.5. The Morgan fingerprint density at radius 2 is 1.65 bits per heavy atom. The first-order chi connectivity index (χ1) is 15.5. The normalized spacial score (nSPS) is 29.5. The first-order valence-electron chi connectivity index (χ1n) is 11.7. The van der Waals surface area contributed by atoms with Crippen molar-refractivity contribution in [2.75, 3.05) is 33.8 Å². The molecule has 3 aliphatic rings. The molecule has 3 atom stereocenters. The van der Waals surface area contributed by atoms with E-state index in [4.69, 9.17) is 9.47 Å². The molecule has 0 aromatic rings. The van der Waals surface area contributed by atoms with Crippen LogP contribution in [0.25, 0.3) is 0 Å². The predicted molar refractivity (Wildman–Crippen MR) is 125 cm³/mol. The van der Waals surface area contributed by atoms with E-state index < -0.39 is 46.1 Å². The highest BCUT2D eigenvalue weighted by Gasteiger charge is 2.67. The minimum atomic E-state index is -1.52. The van der Waals surface area contributed by atoms with Gasteiger partial charge in [-0.1, -0.05) is 11.6 Å². The number of hydrogen-bond donors (Lipinski definition) is 2. The quantitative estimate of drug-likeness (QED) is 0.624. The van der Waals surface area contributed by atoms with Crippen LogP contribution in [-0.4, -0.2) is 89.1 Å². The summed E-state index contributed by atoms with van der Waals surface area (Å²) in [5.41, 5.74) is -2.04. The molecular weight excluding hydrogens is 440 g/mol. The fourth-order valence-corrected chi connectivity index (χ4v) is 4.97. The lowest BCUT2D eigenvalue weighted by molar-refractivity contribution is -0.138. The highest BCUT2D eigenvalue weighted by molar-refractivity contribution is 6.09. The summed E-state index contributed by atoms with van der Waals surface area (Å²) in [6.45, 7) is 10.6. The van der Waals surface area contributed by atoms with Crippen molar-refractivity contribution in [1.29, 1.82) is 0 Å². The number of aliphatic hydroxyl groups is 2. The molecule has 190 valence electrons. The van der Waals surface area contributed by atoms with E-state index in [1.54, 1.807) is 54.8 Å². The first kappa shape index (κ1) is 26.2. The minimum absolute atomic E-state index is 0.201. The molecule has 0 saturated heterocycles. The summed E-state index contributed by atoms with van der Waals surface area (Å²) in [6.07, 6.45) is 1.01. The van der Waals surface area contributed by atoms with Crippen molar-refractivity contribution >= 4 is 18.0 Å². The Balaban J connectivity index is 1.76. The molecule has 0 heterocycles.